The Bertz CT molecular complexity index is 1160. The zero-order chi connectivity index (χ0) is 20.9. The van der Waals surface area contributed by atoms with Gasteiger partial charge in [-0.25, -0.2) is 9.98 Å². The maximum Gasteiger partial charge on any atom is 0.204 e. The number of hydrogen-bond donors (Lipinski definition) is 3. The normalized spacial score (nSPS) is 14.9. The lowest BCUT2D eigenvalue weighted by molar-refractivity contribution is 0.589. The first-order valence-corrected chi connectivity index (χ1v) is 9.30. The van der Waals surface area contributed by atoms with Gasteiger partial charge in [0.15, 0.2) is 5.82 Å². The molecule has 0 saturated heterocycles. The molecule has 1 aromatic heterocycles. The number of nitrogens with zero attached hydrogens (tertiary/aromatic N) is 5. The summed E-state index contributed by atoms with van der Waals surface area (Å²) in [6, 6.07) is 10.9. The topological polar surface area (TPSA) is 133 Å². The third-order valence-corrected chi connectivity index (χ3v) is 4.62. The van der Waals surface area contributed by atoms with Crippen LogP contribution in [0.5, 0.6) is 0 Å². The molecule has 4 rings (SSSR count). The van der Waals surface area contributed by atoms with Crippen LogP contribution in [0.4, 0.5) is 22.7 Å². The molecule has 2 aromatic carbocycles. The molecular formula is C21H24N8. The number of benzene rings is 2. The number of aromatic nitrogens is 3. The molecule has 2 heterocycles. The summed E-state index contributed by atoms with van der Waals surface area (Å²) in [5.41, 5.74) is 23.4. The quantitative estimate of drug-likeness (QED) is 0.579. The maximum atomic E-state index is 5.92. The molecule has 1 aliphatic heterocycles. The molecule has 0 radical (unpaired) electrons. The van der Waals surface area contributed by atoms with Gasteiger partial charge >= 0.3 is 0 Å². The van der Waals surface area contributed by atoms with Gasteiger partial charge in [-0.15, -0.1) is 9.89 Å². The van der Waals surface area contributed by atoms with Gasteiger partial charge in [0, 0.05) is 28.0 Å². The van der Waals surface area contributed by atoms with Crippen molar-refractivity contribution in [1.82, 2.24) is 14.9 Å². The van der Waals surface area contributed by atoms with Crippen molar-refractivity contribution >= 4 is 34.2 Å². The number of rotatable bonds is 2. The highest BCUT2D eigenvalue weighted by atomic mass is 15.6. The Labute approximate surface area is 169 Å². The van der Waals surface area contributed by atoms with Crippen molar-refractivity contribution in [2.45, 2.75) is 27.7 Å². The van der Waals surface area contributed by atoms with Crippen LogP contribution in [-0.4, -0.2) is 26.3 Å². The van der Waals surface area contributed by atoms with Crippen LogP contribution in [0.25, 0.3) is 11.4 Å². The molecule has 0 fully saturated rings. The molecular weight excluding hydrogens is 364 g/mol. The zero-order valence-corrected chi connectivity index (χ0v) is 16.9. The number of nitrogens with two attached hydrogens (primary N) is 3. The Hall–Kier alpha value is -3.68. The first-order chi connectivity index (χ1) is 13.6. The van der Waals surface area contributed by atoms with Gasteiger partial charge in [-0.05, 0) is 48.9 Å². The molecule has 0 bridgehead atoms. The van der Waals surface area contributed by atoms with E-state index >= 15 is 0 Å². The number of fused-ring (bicyclic) bond motifs is 1. The smallest absolute Gasteiger partial charge is 0.204 e. The molecule has 0 spiro atoms. The number of aryl methyl sites for hydroxylation is 1. The Balaban J connectivity index is 1.87. The molecule has 148 valence electrons. The molecule has 6 N–H and O–H groups in total. The predicted molar refractivity (Wildman–Crippen MR) is 118 cm³/mol. The first kappa shape index (κ1) is 18.7. The third-order valence-electron chi connectivity index (χ3n) is 4.62. The van der Waals surface area contributed by atoms with Crippen molar-refractivity contribution < 1.29 is 0 Å². The second kappa shape index (κ2) is 6.44. The largest absolute Gasteiger partial charge is 0.399 e. The van der Waals surface area contributed by atoms with Crippen molar-refractivity contribution in [1.29, 1.82) is 0 Å². The second-order valence-corrected chi connectivity index (χ2v) is 8.24. The molecule has 8 heteroatoms. The monoisotopic (exact) mass is 388 g/mol. The molecule has 1 aliphatic rings. The Kier molecular flexibility index (Phi) is 4.15. The molecule has 29 heavy (non-hydrogen) atoms. The maximum absolute atomic E-state index is 5.92. The summed E-state index contributed by atoms with van der Waals surface area (Å²) in [4.78, 5) is 11.1. The van der Waals surface area contributed by atoms with Crippen molar-refractivity contribution in [2.24, 2.45) is 15.5 Å². The second-order valence-electron chi connectivity index (χ2n) is 8.24. The minimum absolute atomic E-state index is 0.231. The van der Waals surface area contributed by atoms with E-state index in [1.807, 2.05) is 25.1 Å². The van der Waals surface area contributed by atoms with Crippen LogP contribution in [0.15, 0.2) is 46.5 Å². The van der Waals surface area contributed by atoms with E-state index < -0.39 is 0 Å². The van der Waals surface area contributed by atoms with Crippen LogP contribution in [0, 0.1) is 12.3 Å². The van der Waals surface area contributed by atoms with Gasteiger partial charge in [0.1, 0.15) is 5.71 Å². The molecule has 0 atom stereocenters. The van der Waals surface area contributed by atoms with E-state index in [1.54, 1.807) is 18.2 Å². The highest BCUT2D eigenvalue weighted by Crippen LogP contribution is 2.30. The van der Waals surface area contributed by atoms with E-state index in [1.165, 1.54) is 4.79 Å². The van der Waals surface area contributed by atoms with E-state index in [0.29, 0.717) is 34.4 Å². The van der Waals surface area contributed by atoms with Crippen molar-refractivity contribution in [3.8, 4) is 11.4 Å². The van der Waals surface area contributed by atoms with E-state index in [-0.39, 0.29) is 5.41 Å². The van der Waals surface area contributed by atoms with Gasteiger partial charge in [0.2, 0.25) is 5.82 Å². The number of nitrogen functional groups attached to an aromatic ring is 3. The highest BCUT2D eigenvalue weighted by molar-refractivity contribution is 6.50. The summed E-state index contributed by atoms with van der Waals surface area (Å²) in [6.07, 6.45) is 0. The fourth-order valence-corrected chi connectivity index (χ4v) is 3.23. The van der Waals surface area contributed by atoms with Crippen LogP contribution in [-0.2, 0) is 0 Å². The summed E-state index contributed by atoms with van der Waals surface area (Å²) in [5.74, 6) is 1.08. The summed E-state index contributed by atoms with van der Waals surface area (Å²) >= 11 is 0. The minimum atomic E-state index is -0.231. The van der Waals surface area contributed by atoms with Gasteiger partial charge in [-0.3, -0.25) is 0 Å². The van der Waals surface area contributed by atoms with Crippen LogP contribution < -0.4 is 17.2 Å². The standard InChI is InChI=1S/C21H24N8/c1-11-7-13(22)5-6-16(11)25-17-18(21(2,3)4)27-29-20(17)26-19(28-29)12-8-14(23)10-15(24)9-12/h5-10H,22-24H2,1-4H3/b25-17-. The minimum Gasteiger partial charge on any atom is -0.399 e. The summed E-state index contributed by atoms with van der Waals surface area (Å²) in [6.45, 7) is 8.24. The van der Waals surface area contributed by atoms with Crippen molar-refractivity contribution in [2.75, 3.05) is 17.2 Å². The first-order valence-electron chi connectivity index (χ1n) is 9.30. The van der Waals surface area contributed by atoms with E-state index in [9.17, 15) is 0 Å². The molecule has 8 nitrogen and oxygen atoms in total. The lowest BCUT2D eigenvalue weighted by Gasteiger charge is -2.18. The lowest BCUT2D eigenvalue weighted by atomic mass is 9.87. The number of anilines is 3. The van der Waals surface area contributed by atoms with Crippen LogP contribution in [0.1, 0.15) is 32.2 Å². The molecule has 0 aliphatic carbocycles. The van der Waals surface area contributed by atoms with Crippen molar-refractivity contribution in [3.05, 3.63) is 47.8 Å². The highest BCUT2D eigenvalue weighted by Gasteiger charge is 2.35. The van der Waals surface area contributed by atoms with E-state index in [2.05, 4.69) is 31.0 Å². The average molecular weight is 388 g/mol. The van der Waals surface area contributed by atoms with Crippen molar-refractivity contribution in [3.63, 3.8) is 0 Å². The van der Waals surface area contributed by atoms with Crippen LogP contribution >= 0.6 is 0 Å². The number of hydrogen-bond acceptors (Lipinski definition) is 7. The van der Waals surface area contributed by atoms with Gasteiger partial charge in [0.25, 0.3) is 0 Å². The fourth-order valence-electron chi connectivity index (χ4n) is 3.23. The van der Waals surface area contributed by atoms with Crippen LogP contribution in [0.3, 0.4) is 0 Å². The van der Waals surface area contributed by atoms with Gasteiger partial charge < -0.3 is 17.2 Å². The zero-order valence-electron chi connectivity index (χ0n) is 16.9. The summed E-state index contributed by atoms with van der Waals surface area (Å²) in [7, 11) is 0. The third kappa shape index (κ3) is 3.44. The van der Waals surface area contributed by atoms with E-state index in [0.717, 1.165) is 22.5 Å². The summed E-state index contributed by atoms with van der Waals surface area (Å²) < 4.78 is 0. The van der Waals surface area contributed by atoms with Gasteiger partial charge in [-0.1, -0.05) is 20.8 Å². The average Bonchev–Trinajstić information content (AvgIpc) is 3.15. The lowest BCUT2D eigenvalue weighted by Crippen LogP contribution is -2.27. The predicted octanol–water partition coefficient (Wildman–Crippen LogP) is 3.38. The summed E-state index contributed by atoms with van der Waals surface area (Å²) in [5, 5.41) is 9.22. The Morgan fingerprint density at radius 3 is 2.24 bits per heavy atom. The molecule has 3 aromatic rings. The van der Waals surface area contributed by atoms with Gasteiger partial charge in [0.05, 0.1) is 11.4 Å². The van der Waals surface area contributed by atoms with E-state index in [4.69, 9.17) is 27.2 Å². The fraction of sp³-hybridized carbons (Fsp3) is 0.238. The molecule has 0 unspecified atom stereocenters. The van der Waals surface area contributed by atoms with Crippen LogP contribution in [0.2, 0.25) is 0 Å². The SMILES string of the molecule is Cc1cc(N)ccc1/N=C1/C(C(C)(C)C)=Nn2nc(-c3cc(N)cc(N)c3)nc21. The molecule has 0 amide bonds. The number of aliphatic imine (C=N–C) groups is 1. The van der Waals surface area contributed by atoms with Gasteiger partial charge in [-0.2, -0.15) is 5.10 Å². The Morgan fingerprint density at radius 1 is 0.931 bits per heavy atom. The Morgan fingerprint density at radius 2 is 1.62 bits per heavy atom. The molecule has 0 saturated carbocycles.